The van der Waals surface area contributed by atoms with Crippen LogP contribution in [0, 0.1) is 0 Å². The molecular formula is C19H16N4O4. The van der Waals surface area contributed by atoms with Crippen molar-refractivity contribution in [1.29, 1.82) is 0 Å². The van der Waals surface area contributed by atoms with E-state index in [1.807, 2.05) is 6.07 Å². The van der Waals surface area contributed by atoms with Crippen molar-refractivity contribution >= 4 is 17.2 Å². The van der Waals surface area contributed by atoms with Crippen molar-refractivity contribution in [1.82, 2.24) is 10.2 Å². The van der Waals surface area contributed by atoms with Crippen LogP contribution in [0.3, 0.4) is 0 Å². The Labute approximate surface area is 153 Å². The molecule has 0 saturated heterocycles. The van der Waals surface area contributed by atoms with Crippen molar-refractivity contribution in [2.24, 2.45) is 10.2 Å². The number of nitrogens with one attached hydrogen (secondary N) is 2. The van der Waals surface area contributed by atoms with E-state index in [4.69, 9.17) is 9.47 Å². The van der Waals surface area contributed by atoms with E-state index < -0.39 is 5.56 Å². The zero-order chi connectivity index (χ0) is 18.8. The van der Waals surface area contributed by atoms with Crippen molar-refractivity contribution in [2.45, 2.75) is 6.92 Å². The molecule has 27 heavy (non-hydrogen) atoms. The fourth-order valence-corrected chi connectivity index (χ4v) is 2.75. The van der Waals surface area contributed by atoms with E-state index in [2.05, 4.69) is 20.4 Å². The largest absolute Gasteiger partial charge is 0.486 e. The molecule has 0 atom stereocenters. The van der Waals surface area contributed by atoms with Crippen LogP contribution in [0.25, 0.3) is 11.3 Å². The number of fused-ring (bicyclic) bond motifs is 1. The number of ketones is 1. The van der Waals surface area contributed by atoms with Crippen LogP contribution >= 0.6 is 0 Å². The van der Waals surface area contributed by atoms with Gasteiger partial charge < -0.3 is 9.47 Å². The second kappa shape index (κ2) is 6.91. The predicted molar refractivity (Wildman–Crippen MR) is 98.5 cm³/mol. The highest BCUT2D eigenvalue weighted by atomic mass is 16.6. The van der Waals surface area contributed by atoms with E-state index in [0.29, 0.717) is 47.2 Å². The molecule has 0 aliphatic carbocycles. The van der Waals surface area contributed by atoms with Crippen molar-refractivity contribution in [3.8, 4) is 22.8 Å². The number of aromatic amines is 2. The van der Waals surface area contributed by atoms with Crippen molar-refractivity contribution in [2.75, 3.05) is 13.2 Å². The molecule has 0 amide bonds. The Bertz CT molecular complexity index is 1100. The molecule has 0 spiro atoms. The summed E-state index contributed by atoms with van der Waals surface area (Å²) in [6.45, 7) is 2.46. The molecule has 0 saturated carbocycles. The summed E-state index contributed by atoms with van der Waals surface area (Å²) in [5.41, 5.74) is 1.96. The fraction of sp³-hybridized carbons (Fsp3) is 0.158. The molecule has 8 nitrogen and oxygen atoms in total. The molecule has 1 aliphatic rings. The van der Waals surface area contributed by atoms with E-state index in [9.17, 15) is 9.59 Å². The molecule has 1 aromatic heterocycles. The first-order valence-electron chi connectivity index (χ1n) is 8.35. The number of hydrogen-bond acceptors (Lipinski definition) is 6. The van der Waals surface area contributed by atoms with Gasteiger partial charge in [-0.25, -0.2) is 0 Å². The van der Waals surface area contributed by atoms with Gasteiger partial charge in [0.05, 0.1) is 11.4 Å². The summed E-state index contributed by atoms with van der Waals surface area (Å²) in [6, 6.07) is 12.1. The SMILES string of the molecule is CC(=O)c1cccc(N=Nc2c(-c3ccc4c(c3)OCCO4)[nH][nH]c2=O)c1. The Morgan fingerprint density at radius 3 is 2.63 bits per heavy atom. The van der Waals surface area contributed by atoms with Crippen LogP contribution < -0.4 is 15.0 Å². The van der Waals surface area contributed by atoms with Gasteiger partial charge in [0.25, 0.3) is 5.56 Å². The fourth-order valence-electron chi connectivity index (χ4n) is 2.75. The first-order chi connectivity index (χ1) is 13.1. The molecule has 2 aromatic carbocycles. The van der Waals surface area contributed by atoms with E-state index in [-0.39, 0.29) is 11.5 Å². The van der Waals surface area contributed by atoms with Crippen LogP contribution in [-0.2, 0) is 0 Å². The standard InChI is InChI=1S/C19H16N4O4/c1-11(24)12-3-2-4-14(9-12)20-22-18-17(21-23-19(18)25)13-5-6-15-16(10-13)27-8-7-26-15/h2-6,9-10H,7-8H2,1H3,(H2,21,23,25). The molecule has 0 radical (unpaired) electrons. The third-order valence-corrected chi connectivity index (χ3v) is 4.10. The number of carbonyl (C=O) groups is 1. The first-order valence-corrected chi connectivity index (χ1v) is 8.35. The third-order valence-electron chi connectivity index (χ3n) is 4.10. The van der Waals surface area contributed by atoms with Gasteiger partial charge in [-0.2, -0.15) is 5.11 Å². The zero-order valence-corrected chi connectivity index (χ0v) is 14.5. The highest BCUT2D eigenvalue weighted by Crippen LogP contribution is 2.36. The van der Waals surface area contributed by atoms with Gasteiger partial charge in [-0.1, -0.05) is 12.1 Å². The average molecular weight is 364 g/mol. The number of rotatable bonds is 4. The second-order valence-electron chi connectivity index (χ2n) is 5.97. The lowest BCUT2D eigenvalue weighted by Crippen LogP contribution is -2.15. The molecule has 0 unspecified atom stereocenters. The van der Waals surface area contributed by atoms with Crippen LogP contribution in [0.1, 0.15) is 17.3 Å². The number of aromatic nitrogens is 2. The Kier molecular flexibility index (Phi) is 4.29. The van der Waals surface area contributed by atoms with Crippen molar-refractivity contribution < 1.29 is 14.3 Å². The molecule has 8 heteroatoms. The lowest BCUT2D eigenvalue weighted by molar-refractivity contribution is 0.101. The topological polar surface area (TPSA) is 109 Å². The predicted octanol–water partition coefficient (Wildman–Crippen LogP) is 3.76. The number of ether oxygens (including phenoxy) is 2. The molecule has 2 heterocycles. The number of Topliss-reactive ketones (excluding diaryl/α,β-unsaturated/α-hetero) is 1. The highest BCUT2D eigenvalue weighted by Gasteiger charge is 2.17. The molecule has 136 valence electrons. The lowest BCUT2D eigenvalue weighted by atomic mass is 10.1. The quantitative estimate of drug-likeness (QED) is 0.542. The summed E-state index contributed by atoms with van der Waals surface area (Å²) in [7, 11) is 0. The first kappa shape index (κ1) is 16.8. The number of hydrogen-bond donors (Lipinski definition) is 2. The Hall–Kier alpha value is -3.68. The minimum atomic E-state index is -0.397. The van der Waals surface area contributed by atoms with Gasteiger partial charge in [-0.05, 0) is 37.3 Å². The Balaban J connectivity index is 1.69. The minimum Gasteiger partial charge on any atom is -0.486 e. The van der Waals surface area contributed by atoms with Gasteiger partial charge in [0.15, 0.2) is 23.0 Å². The molecule has 3 aromatic rings. The van der Waals surface area contributed by atoms with Gasteiger partial charge >= 0.3 is 0 Å². The number of nitrogens with zero attached hydrogens (tertiary/aromatic N) is 2. The van der Waals surface area contributed by atoms with E-state index in [1.165, 1.54) is 6.92 Å². The van der Waals surface area contributed by atoms with Gasteiger partial charge in [0, 0.05) is 11.1 Å². The third kappa shape index (κ3) is 3.37. The van der Waals surface area contributed by atoms with E-state index >= 15 is 0 Å². The summed E-state index contributed by atoms with van der Waals surface area (Å²) < 4.78 is 11.1. The summed E-state index contributed by atoms with van der Waals surface area (Å²) in [4.78, 5) is 23.6. The molecular weight excluding hydrogens is 348 g/mol. The Morgan fingerprint density at radius 1 is 1.00 bits per heavy atom. The zero-order valence-electron chi connectivity index (χ0n) is 14.5. The van der Waals surface area contributed by atoms with Crippen LogP contribution in [0.4, 0.5) is 11.4 Å². The van der Waals surface area contributed by atoms with Crippen LogP contribution in [0.2, 0.25) is 0 Å². The van der Waals surface area contributed by atoms with Crippen molar-refractivity contribution in [3.63, 3.8) is 0 Å². The van der Waals surface area contributed by atoms with Gasteiger partial charge in [-0.15, -0.1) is 5.11 Å². The van der Waals surface area contributed by atoms with Crippen LogP contribution in [0.15, 0.2) is 57.5 Å². The normalized spacial score (nSPS) is 13.1. The number of azo groups is 1. The molecule has 1 aliphatic heterocycles. The number of benzene rings is 2. The van der Waals surface area contributed by atoms with Crippen LogP contribution in [-0.4, -0.2) is 29.2 Å². The monoisotopic (exact) mass is 364 g/mol. The second-order valence-corrected chi connectivity index (χ2v) is 5.97. The summed E-state index contributed by atoms with van der Waals surface area (Å²) >= 11 is 0. The van der Waals surface area contributed by atoms with E-state index in [0.717, 1.165) is 0 Å². The summed E-state index contributed by atoms with van der Waals surface area (Å²) in [6.07, 6.45) is 0. The maximum Gasteiger partial charge on any atom is 0.292 e. The molecule has 0 fully saturated rings. The summed E-state index contributed by atoms with van der Waals surface area (Å²) in [5, 5.41) is 13.5. The smallest absolute Gasteiger partial charge is 0.292 e. The summed E-state index contributed by atoms with van der Waals surface area (Å²) in [5.74, 6) is 1.20. The maximum absolute atomic E-state index is 12.1. The molecule has 2 N–H and O–H groups in total. The average Bonchev–Trinajstić information content (AvgIpc) is 3.06. The Morgan fingerprint density at radius 2 is 1.81 bits per heavy atom. The number of carbonyl (C=O) groups excluding carboxylic acids is 1. The lowest BCUT2D eigenvalue weighted by Gasteiger charge is -2.18. The highest BCUT2D eigenvalue weighted by molar-refractivity contribution is 5.94. The molecule has 0 bridgehead atoms. The van der Waals surface area contributed by atoms with Crippen molar-refractivity contribution in [3.05, 3.63) is 58.4 Å². The van der Waals surface area contributed by atoms with Gasteiger partial charge in [-0.3, -0.25) is 19.8 Å². The van der Waals surface area contributed by atoms with E-state index in [1.54, 1.807) is 36.4 Å². The van der Waals surface area contributed by atoms with Gasteiger partial charge in [0.2, 0.25) is 0 Å². The number of H-pyrrole nitrogens is 2. The minimum absolute atomic E-state index is 0.0662. The maximum atomic E-state index is 12.1. The molecule has 4 rings (SSSR count). The van der Waals surface area contributed by atoms with Crippen LogP contribution in [0.5, 0.6) is 11.5 Å². The van der Waals surface area contributed by atoms with Gasteiger partial charge in [0.1, 0.15) is 13.2 Å².